The van der Waals surface area contributed by atoms with Crippen molar-refractivity contribution >= 4 is 33.2 Å². The smallest absolute Gasteiger partial charge is 0.246 e. The molecule has 2 rings (SSSR count). The molecule has 0 amide bonds. The maximum absolute atomic E-state index is 12.3. The largest absolute Gasteiger partial charge is 0.274 e. The van der Waals surface area contributed by atoms with Crippen molar-refractivity contribution in [2.24, 2.45) is 14.1 Å². The maximum atomic E-state index is 12.3. The van der Waals surface area contributed by atoms with Gasteiger partial charge in [-0.1, -0.05) is 23.2 Å². The molecule has 0 radical (unpaired) electrons. The molecule has 0 saturated heterocycles. The van der Waals surface area contributed by atoms with E-state index in [1.54, 1.807) is 14.1 Å². The second kappa shape index (κ2) is 5.36. The Hall–Kier alpha value is -1.09. The number of sulfonamides is 1. The van der Waals surface area contributed by atoms with E-state index in [1.165, 1.54) is 28.8 Å². The topological polar surface area (TPSA) is 73.0 Å². The van der Waals surface area contributed by atoms with E-state index < -0.39 is 10.0 Å². The van der Waals surface area contributed by atoms with Gasteiger partial charge in [-0.15, -0.1) is 0 Å². The molecule has 2 heterocycles. The zero-order valence-electron chi connectivity index (χ0n) is 11.1. The van der Waals surface area contributed by atoms with E-state index in [0.29, 0.717) is 5.69 Å². The van der Waals surface area contributed by atoms with Gasteiger partial charge in [0.2, 0.25) is 10.0 Å². The van der Waals surface area contributed by atoms with Crippen LogP contribution in [0.1, 0.15) is 5.69 Å². The normalized spacial score (nSPS) is 12.3. The summed E-state index contributed by atoms with van der Waals surface area (Å²) in [6, 6.07) is 0. The van der Waals surface area contributed by atoms with E-state index in [2.05, 4.69) is 10.2 Å². The first-order chi connectivity index (χ1) is 9.23. The molecular weight excluding hydrogens is 325 g/mol. The number of aromatic nitrogens is 4. The minimum atomic E-state index is -3.64. The van der Waals surface area contributed by atoms with E-state index in [9.17, 15) is 8.42 Å². The van der Waals surface area contributed by atoms with Gasteiger partial charge < -0.3 is 0 Å². The highest BCUT2D eigenvalue weighted by atomic mass is 35.5. The average Bonchev–Trinajstić information content (AvgIpc) is 2.91. The Kier molecular flexibility index (Phi) is 4.10. The summed E-state index contributed by atoms with van der Waals surface area (Å²) in [6.45, 7) is 0.0244. The summed E-state index contributed by atoms with van der Waals surface area (Å²) in [5.41, 5.74) is 0.397. The quantitative estimate of drug-likeness (QED) is 0.842. The Labute approximate surface area is 126 Å². The fourth-order valence-corrected chi connectivity index (χ4v) is 3.12. The van der Waals surface area contributed by atoms with Gasteiger partial charge in [0.15, 0.2) is 0 Å². The highest BCUT2D eigenvalue weighted by molar-refractivity contribution is 7.89. The summed E-state index contributed by atoms with van der Waals surface area (Å²) in [4.78, 5) is 0.112. The zero-order chi connectivity index (χ0) is 15.1. The van der Waals surface area contributed by atoms with Crippen LogP contribution < -0.4 is 0 Å². The average molecular weight is 338 g/mol. The minimum absolute atomic E-state index is 0.0244. The van der Waals surface area contributed by atoms with Gasteiger partial charge in [0.1, 0.15) is 15.1 Å². The zero-order valence-corrected chi connectivity index (χ0v) is 13.4. The number of aryl methyl sites for hydroxylation is 2. The van der Waals surface area contributed by atoms with E-state index in [1.807, 2.05) is 0 Å². The van der Waals surface area contributed by atoms with Crippen molar-refractivity contribution in [3.63, 3.8) is 0 Å². The first kappa shape index (κ1) is 15.3. The van der Waals surface area contributed by atoms with Crippen LogP contribution in [0, 0.1) is 0 Å². The van der Waals surface area contributed by atoms with Crippen LogP contribution in [0.4, 0.5) is 0 Å². The molecule has 7 nitrogen and oxygen atoms in total. The Morgan fingerprint density at radius 2 is 2.00 bits per heavy atom. The van der Waals surface area contributed by atoms with Crippen molar-refractivity contribution in [2.45, 2.75) is 11.4 Å². The van der Waals surface area contributed by atoms with Crippen molar-refractivity contribution in [2.75, 3.05) is 7.05 Å². The summed E-state index contributed by atoms with van der Waals surface area (Å²) in [6.07, 6.45) is 2.72. The molecule has 0 aromatic carbocycles. The summed E-state index contributed by atoms with van der Waals surface area (Å²) in [7, 11) is 1.09. The Balaban J connectivity index is 2.27. The molecule has 0 aliphatic rings. The fourth-order valence-electron chi connectivity index (χ4n) is 1.64. The van der Waals surface area contributed by atoms with Crippen molar-refractivity contribution < 1.29 is 8.42 Å². The van der Waals surface area contributed by atoms with E-state index in [4.69, 9.17) is 23.2 Å². The lowest BCUT2D eigenvalue weighted by molar-refractivity contribution is 0.460. The van der Waals surface area contributed by atoms with Gasteiger partial charge in [-0.2, -0.15) is 14.5 Å². The number of nitrogens with zero attached hydrogens (tertiary/aromatic N) is 5. The van der Waals surface area contributed by atoms with Crippen LogP contribution in [0.2, 0.25) is 10.2 Å². The predicted octanol–water partition coefficient (Wildman–Crippen LogP) is 1.28. The second-order valence-corrected chi connectivity index (χ2v) is 7.07. The maximum Gasteiger partial charge on any atom is 0.246 e. The van der Waals surface area contributed by atoms with Gasteiger partial charge in [-0.3, -0.25) is 9.36 Å². The summed E-state index contributed by atoms with van der Waals surface area (Å²) in [5.74, 6) is 0. The fraction of sp³-hybridized carbons (Fsp3) is 0.400. The highest BCUT2D eigenvalue weighted by Gasteiger charge is 2.25. The Morgan fingerprint density at radius 3 is 2.45 bits per heavy atom. The molecule has 0 saturated carbocycles. The lowest BCUT2D eigenvalue weighted by atomic mass is 10.4. The number of hydrogen-bond donors (Lipinski definition) is 0. The van der Waals surface area contributed by atoms with Gasteiger partial charge in [0.05, 0.1) is 18.4 Å². The molecule has 20 heavy (non-hydrogen) atoms. The lowest BCUT2D eigenvalue weighted by Gasteiger charge is -2.14. The van der Waals surface area contributed by atoms with Crippen molar-refractivity contribution in [1.29, 1.82) is 0 Å². The third-order valence-electron chi connectivity index (χ3n) is 2.75. The van der Waals surface area contributed by atoms with Crippen molar-refractivity contribution in [3.8, 4) is 0 Å². The summed E-state index contributed by atoms with van der Waals surface area (Å²) < 4.78 is 28.6. The van der Waals surface area contributed by atoms with Gasteiger partial charge in [0, 0.05) is 27.3 Å². The standard InChI is InChI=1S/C10H13Cl2N5O2S/c1-15-5-7(4-13-15)20(18,19)16(2)6-8-9(11)10(12)17(3)14-8/h4-5H,6H2,1-3H3. The molecule has 0 N–H and O–H groups in total. The molecule has 0 bridgehead atoms. The monoisotopic (exact) mass is 337 g/mol. The minimum Gasteiger partial charge on any atom is -0.274 e. The summed E-state index contributed by atoms with van der Waals surface area (Å²) >= 11 is 11.9. The van der Waals surface area contributed by atoms with Crippen LogP contribution >= 0.6 is 23.2 Å². The first-order valence-corrected chi connectivity index (χ1v) is 7.75. The summed E-state index contributed by atoms with van der Waals surface area (Å²) in [5, 5.41) is 8.46. The van der Waals surface area contributed by atoms with E-state index >= 15 is 0 Å². The number of halogens is 2. The van der Waals surface area contributed by atoms with Gasteiger partial charge in [-0.25, -0.2) is 8.42 Å². The van der Waals surface area contributed by atoms with Crippen LogP contribution in [0.15, 0.2) is 17.3 Å². The Bertz CT molecular complexity index is 737. The van der Waals surface area contributed by atoms with E-state index in [0.717, 1.165) is 4.31 Å². The first-order valence-electron chi connectivity index (χ1n) is 5.55. The molecule has 110 valence electrons. The molecule has 0 fully saturated rings. The van der Waals surface area contributed by atoms with Crippen LogP contribution in [0.25, 0.3) is 0 Å². The van der Waals surface area contributed by atoms with Gasteiger partial charge >= 0.3 is 0 Å². The second-order valence-electron chi connectivity index (χ2n) is 4.29. The molecule has 2 aromatic rings. The molecule has 0 aliphatic heterocycles. The Morgan fingerprint density at radius 1 is 1.35 bits per heavy atom. The van der Waals surface area contributed by atoms with Crippen LogP contribution in [-0.4, -0.2) is 39.3 Å². The third-order valence-corrected chi connectivity index (χ3v) is 5.43. The molecule has 2 aromatic heterocycles. The molecule has 0 atom stereocenters. The van der Waals surface area contributed by atoms with E-state index in [-0.39, 0.29) is 21.6 Å². The van der Waals surface area contributed by atoms with Crippen molar-refractivity contribution in [1.82, 2.24) is 23.9 Å². The van der Waals surface area contributed by atoms with Crippen LogP contribution in [-0.2, 0) is 30.7 Å². The number of hydrogen-bond acceptors (Lipinski definition) is 4. The predicted molar refractivity (Wildman–Crippen MR) is 75.1 cm³/mol. The number of rotatable bonds is 4. The highest BCUT2D eigenvalue weighted by Crippen LogP contribution is 2.26. The molecule has 10 heteroatoms. The molecule has 0 spiro atoms. The van der Waals surface area contributed by atoms with Gasteiger partial charge in [0.25, 0.3) is 0 Å². The van der Waals surface area contributed by atoms with Crippen molar-refractivity contribution in [3.05, 3.63) is 28.3 Å². The van der Waals surface area contributed by atoms with Crippen LogP contribution in [0.3, 0.4) is 0 Å². The van der Waals surface area contributed by atoms with Crippen LogP contribution in [0.5, 0.6) is 0 Å². The molecule has 0 aliphatic carbocycles. The lowest BCUT2D eigenvalue weighted by Crippen LogP contribution is -2.26. The molecule has 0 unspecified atom stereocenters. The van der Waals surface area contributed by atoms with Gasteiger partial charge in [-0.05, 0) is 0 Å². The SMILES string of the molecule is CN(Cc1nn(C)c(Cl)c1Cl)S(=O)(=O)c1cnn(C)c1. The molecular formula is C10H13Cl2N5O2S. The third kappa shape index (κ3) is 2.69.